The maximum Gasteiger partial charge on any atom is 0.111 e. The van der Waals surface area contributed by atoms with E-state index in [0.717, 1.165) is 30.3 Å². The monoisotopic (exact) mass is 308 g/mol. The number of hydrogen-bond donors (Lipinski definition) is 6. The summed E-state index contributed by atoms with van der Waals surface area (Å²) < 4.78 is 0. The quantitative estimate of drug-likeness (QED) is 0.128. The van der Waals surface area contributed by atoms with Crippen LogP contribution < -0.4 is 23.1 Å². The van der Waals surface area contributed by atoms with Crippen LogP contribution in [0.4, 0.5) is 0 Å². The molecule has 0 unspecified atom stereocenters. The van der Waals surface area contributed by atoms with Crippen LogP contribution in [-0.2, 0) is 4.84 Å². The van der Waals surface area contributed by atoms with Gasteiger partial charge >= 0.3 is 0 Å². The lowest BCUT2D eigenvalue weighted by atomic mass is 10.8. The van der Waals surface area contributed by atoms with Gasteiger partial charge < -0.3 is 17.2 Å². The minimum absolute atomic E-state index is 0.292. The highest BCUT2D eigenvalue weighted by Gasteiger charge is 1.84. The molecule has 0 aliphatic carbocycles. The fourth-order valence-corrected chi connectivity index (χ4v) is 1.93. The molecule has 0 heterocycles. The lowest BCUT2D eigenvalue weighted by molar-refractivity contribution is 0.191. The van der Waals surface area contributed by atoms with Gasteiger partial charge in [-0.05, 0) is 0 Å². The van der Waals surface area contributed by atoms with E-state index in [-0.39, 0.29) is 0 Å². The minimum Gasteiger partial charge on any atom is -0.330 e. The van der Waals surface area contributed by atoms with Gasteiger partial charge in [0.2, 0.25) is 0 Å². The second-order valence-corrected chi connectivity index (χ2v) is 5.44. The van der Waals surface area contributed by atoms with Gasteiger partial charge in [0.1, 0.15) is 5.94 Å². The molecule has 0 saturated carbocycles. The van der Waals surface area contributed by atoms with Crippen molar-refractivity contribution in [3.8, 4) is 0 Å². The molecule has 9 heteroatoms. The van der Waals surface area contributed by atoms with E-state index in [4.69, 9.17) is 17.2 Å². The van der Waals surface area contributed by atoms with E-state index in [1.165, 1.54) is 0 Å². The molecule has 0 atom stereocenters. The Balaban J connectivity index is -0.000000179. The fraction of sp³-hybridized carbons (Fsp3) is 1.00. The molecule has 0 spiro atoms. The summed E-state index contributed by atoms with van der Waals surface area (Å²) in [7, 11) is 3.58. The minimum atomic E-state index is 0.292. The molecule has 0 aliphatic rings. The molecule has 5 nitrogen and oxygen atoms in total. The van der Waals surface area contributed by atoms with Gasteiger partial charge in [-0.3, -0.25) is 4.84 Å². The standard InChI is InChI=1S/C4H12N2S2.C2H7NS.CH5NOS/c5-1-3-7-8-4-2-6;3-1-2-4;2-3-1-4/h1-6H2;4H,1-3H2;4H,1-2H2. The van der Waals surface area contributed by atoms with E-state index in [1.807, 2.05) is 0 Å². The van der Waals surface area contributed by atoms with Gasteiger partial charge in [0.05, 0.1) is 0 Å². The van der Waals surface area contributed by atoms with E-state index in [0.29, 0.717) is 12.5 Å². The van der Waals surface area contributed by atoms with Gasteiger partial charge in [-0.2, -0.15) is 12.6 Å². The normalized spacial score (nSPS) is 8.62. The highest BCUT2D eigenvalue weighted by molar-refractivity contribution is 8.76. The average Bonchev–Trinajstić information content (AvgIpc) is 2.35. The van der Waals surface area contributed by atoms with E-state index in [9.17, 15) is 0 Å². The molecular weight excluding hydrogens is 284 g/mol. The first-order chi connectivity index (χ1) is 7.74. The van der Waals surface area contributed by atoms with Crippen molar-refractivity contribution in [2.45, 2.75) is 0 Å². The Kier molecular flexibility index (Phi) is 41.7. The van der Waals surface area contributed by atoms with E-state index >= 15 is 0 Å². The second-order valence-electron chi connectivity index (χ2n) is 2.03. The molecule has 16 heavy (non-hydrogen) atoms. The van der Waals surface area contributed by atoms with Crippen molar-refractivity contribution in [3.63, 3.8) is 0 Å². The molecule has 8 N–H and O–H groups in total. The number of rotatable bonds is 7. The molecule has 0 rings (SSSR count). The summed E-state index contributed by atoms with van der Waals surface area (Å²) in [6, 6.07) is 0. The maximum absolute atomic E-state index is 5.25. The first-order valence-corrected chi connectivity index (χ1v) is 8.38. The Labute approximate surface area is 117 Å². The zero-order valence-electron chi connectivity index (χ0n) is 9.38. The van der Waals surface area contributed by atoms with Crippen LogP contribution in [0.1, 0.15) is 0 Å². The van der Waals surface area contributed by atoms with Crippen LogP contribution in [0.2, 0.25) is 0 Å². The van der Waals surface area contributed by atoms with Gasteiger partial charge in [0.25, 0.3) is 0 Å². The van der Waals surface area contributed by atoms with Crippen molar-refractivity contribution in [2.75, 3.05) is 42.8 Å². The smallest absolute Gasteiger partial charge is 0.111 e. The van der Waals surface area contributed by atoms with Gasteiger partial charge in [-0.25, -0.2) is 5.90 Å². The van der Waals surface area contributed by atoms with Crippen molar-refractivity contribution < 1.29 is 4.84 Å². The Morgan fingerprint density at radius 1 is 0.875 bits per heavy atom. The van der Waals surface area contributed by atoms with Gasteiger partial charge in [-0.1, -0.05) is 21.6 Å². The van der Waals surface area contributed by atoms with Gasteiger partial charge in [-0.15, -0.1) is 12.6 Å². The van der Waals surface area contributed by atoms with Crippen LogP contribution in [0, 0.1) is 0 Å². The van der Waals surface area contributed by atoms with E-state index in [1.54, 1.807) is 21.6 Å². The number of nitrogens with two attached hydrogens (primary N) is 4. The van der Waals surface area contributed by atoms with Crippen molar-refractivity contribution in [1.82, 2.24) is 0 Å². The SMILES string of the molecule is NCCS.NCCSSCCN.NOCS. The Morgan fingerprint density at radius 2 is 1.19 bits per heavy atom. The van der Waals surface area contributed by atoms with Crippen molar-refractivity contribution in [3.05, 3.63) is 0 Å². The highest BCUT2D eigenvalue weighted by Crippen LogP contribution is 2.18. The predicted molar refractivity (Wildman–Crippen MR) is 85.1 cm³/mol. The van der Waals surface area contributed by atoms with E-state index in [2.05, 4.69) is 36.0 Å². The van der Waals surface area contributed by atoms with Crippen molar-refractivity contribution in [1.29, 1.82) is 0 Å². The molecule has 0 bridgehead atoms. The summed E-state index contributed by atoms with van der Waals surface area (Å²) in [4.78, 5) is 3.91. The van der Waals surface area contributed by atoms with Crippen molar-refractivity contribution in [2.24, 2.45) is 23.1 Å². The topological polar surface area (TPSA) is 113 Å². The summed E-state index contributed by atoms with van der Waals surface area (Å²) in [6.45, 7) is 2.22. The second kappa shape index (κ2) is 29.8. The lowest BCUT2D eigenvalue weighted by Crippen LogP contribution is -2.02. The third-order valence-corrected chi connectivity index (χ3v) is 3.57. The molecule has 0 aromatic carbocycles. The van der Waals surface area contributed by atoms with Crippen LogP contribution in [-0.4, -0.2) is 42.8 Å². The third-order valence-electron chi connectivity index (χ3n) is 0.689. The van der Waals surface area contributed by atoms with Crippen LogP contribution in [0.15, 0.2) is 0 Å². The zero-order chi connectivity index (χ0) is 13.1. The summed E-state index contributed by atoms with van der Waals surface area (Å²) in [5.74, 6) is 7.60. The zero-order valence-corrected chi connectivity index (χ0v) is 12.8. The molecular formula is C7H24N4OS4. The molecule has 0 amide bonds. The lowest BCUT2D eigenvalue weighted by Gasteiger charge is -1.93. The molecule has 0 aromatic heterocycles. The molecule has 0 radical (unpaired) electrons. The number of hydrogen-bond acceptors (Lipinski definition) is 9. The van der Waals surface area contributed by atoms with Crippen LogP contribution in [0.3, 0.4) is 0 Å². The van der Waals surface area contributed by atoms with Crippen LogP contribution in [0.5, 0.6) is 0 Å². The van der Waals surface area contributed by atoms with Crippen LogP contribution in [0.25, 0.3) is 0 Å². The van der Waals surface area contributed by atoms with Gasteiger partial charge in [0, 0.05) is 36.9 Å². The molecule has 0 aliphatic heterocycles. The highest BCUT2D eigenvalue weighted by atomic mass is 33.1. The molecule has 0 saturated heterocycles. The van der Waals surface area contributed by atoms with E-state index < -0.39 is 0 Å². The Hall–Kier alpha value is 1.20. The first kappa shape index (κ1) is 22.4. The maximum atomic E-state index is 5.25. The van der Waals surface area contributed by atoms with Crippen molar-refractivity contribution >= 4 is 46.8 Å². The summed E-state index contributed by atoms with van der Waals surface area (Å²) in [5, 5.41) is 0. The van der Waals surface area contributed by atoms with Gasteiger partial charge in [0.15, 0.2) is 0 Å². The number of thiol groups is 2. The molecule has 102 valence electrons. The molecule has 0 aromatic rings. The first-order valence-electron chi connectivity index (χ1n) is 4.63. The average molecular weight is 309 g/mol. The summed E-state index contributed by atoms with van der Waals surface area (Å²) in [6.07, 6.45) is 0. The predicted octanol–water partition coefficient (Wildman–Crippen LogP) is -0.0759. The fourth-order valence-electron chi connectivity index (χ4n) is 0.214. The Morgan fingerprint density at radius 3 is 1.31 bits per heavy atom. The third kappa shape index (κ3) is 45.6. The summed E-state index contributed by atoms with van der Waals surface area (Å²) in [5.41, 5.74) is 15.4. The largest absolute Gasteiger partial charge is 0.330 e. The Bertz CT molecular complexity index is 80.8. The van der Waals surface area contributed by atoms with Crippen LogP contribution >= 0.6 is 46.8 Å². The summed E-state index contributed by atoms with van der Waals surface area (Å²) >= 11 is 7.37. The molecule has 0 fully saturated rings.